The molecule has 0 atom stereocenters. The molecule has 6 aromatic carbocycles. The zero-order valence-electron chi connectivity index (χ0n) is 24.8. The molecule has 0 unspecified atom stereocenters. The van der Waals surface area contributed by atoms with Crippen molar-refractivity contribution in [3.63, 3.8) is 0 Å². The molecule has 0 spiro atoms. The van der Waals surface area contributed by atoms with Crippen LogP contribution in [0.15, 0.2) is 146 Å². The highest BCUT2D eigenvalue weighted by molar-refractivity contribution is 5.87. The third-order valence-corrected chi connectivity index (χ3v) is 7.63. The van der Waals surface area contributed by atoms with Gasteiger partial charge in [0.2, 0.25) is 0 Å². The monoisotopic (exact) mass is 544 g/mol. The van der Waals surface area contributed by atoms with Gasteiger partial charge in [0.25, 0.3) is 0 Å². The van der Waals surface area contributed by atoms with Crippen molar-refractivity contribution in [1.29, 1.82) is 0 Å². The molecule has 0 aliphatic heterocycles. The molecule has 2 heteroatoms. The van der Waals surface area contributed by atoms with Gasteiger partial charge in [-0.3, -0.25) is 0 Å². The van der Waals surface area contributed by atoms with Gasteiger partial charge < -0.3 is 9.80 Å². The van der Waals surface area contributed by atoms with Gasteiger partial charge in [-0.15, -0.1) is 0 Å². The summed E-state index contributed by atoms with van der Waals surface area (Å²) in [6.07, 6.45) is 0. The van der Waals surface area contributed by atoms with Crippen LogP contribution in [0.1, 0.15) is 22.3 Å². The second-order valence-electron chi connectivity index (χ2n) is 11.1. The first-order valence-corrected chi connectivity index (χ1v) is 14.5. The number of benzene rings is 6. The topological polar surface area (TPSA) is 6.48 Å². The van der Waals surface area contributed by atoms with Crippen LogP contribution < -0.4 is 9.80 Å². The van der Waals surface area contributed by atoms with E-state index in [1.54, 1.807) is 0 Å². The summed E-state index contributed by atoms with van der Waals surface area (Å²) in [5, 5.41) is 0. The molecule has 0 fully saturated rings. The second-order valence-corrected chi connectivity index (χ2v) is 11.1. The summed E-state index contributed by atoms with van der Waals surface area (Å²) < 4.78 is 0. The van der Waals surface area contributed by atoms with E-state index in [2.05, 4.69) is 183 Å². The minimum atomic E-state index is 1.10. The van der Waals surface area contributed by atoms with Crippen molar-refractivity contribution < 1.29 is 0 Å². The van der Waals surface area contributed by atoms with E-state index in [-0.39, 0.29) is 0 Å². The molecule has 0 aromatic heterocycles. The smallest absolute Gasteiger partial charge is 0.0488 e. The summed E-state index contributed by atoms with van der Waals surface area (Å²) in [5.74, 6) is 0. The Morgan fingerprint density at radius 1 is 0.286 bits per heavy atom. The molecule has 6 rings (SSSR count). The maximum Gasteiger partial charge on any atom is 0.0488 e. The Labute approximate surface area is 250 Å². The first-order chi connectivity index (χ1) is 20.4. The molecule has 0 aliphatic carbocycles. The van der Waals surface area contributed by atoms with E-state index < -0.39 is 0 Å². The predicted octanol–water partition coefficient (Wildman–Crippen LogP) is 11.5. The Hall–Kier alpha value is -5.08. The molecule has 0 saturated heterocycles. The molecule has 0 radical (unpaired) electrons. The van der Waals surface area contributed by atoms with E-state index in [9.17, 15) is 0 Å². The minimum Gasteiger partial charge on any atom is -0.310 e. The molecular weight excluding hydrogens is 508 g/mol. The van der Waals surface area contributed by atoms with Gasteiger partial charge in [0.05, 0.1) is 0 Å². The Kier molecular flexibility index (Phi) is 7.62. The zero-order valence-corrected chi connectivity index (χ0v) is 24.8. The van der Waals surface area contributed by atoms with E-state index >= 15 is 0 Å². The normalized spacial score (nSPS) is 10.9. The Morgan fingerprint density at radius 2 is 0.738 bits per heavy atom. The Morgan fingerprint density at radius 3 is 1.17 bits per heavy atom. The van der Waals surface area contributed by atoms with Gasteiger partial charge in [-0.2, -0.15) is 0 Å². The van der Waals surface area contributed by atoms with Gasteiger partial charge in [0.1, 0.15) is 0 Å². The third kappa shape index (κ3) is 5.84. The molecule has 6 aromatic rings. The lowest BCUT2D eigenvalue weighted by atomic mass is 10.0. The van der Waals surface area contributed by atoms with Crippen molar-refractivity contribution in [3.8, 4) is 11.1 Å². The molecule has 0 amide bonds. The predicted molar refractivity (Wildman–Crippen MR) is 180 cm³/mol. The Balaban J connectivity index is 1.63. The van der Waals surface area contributed by atoms with E-state index in [4.69, 9.17) is 0 Å². The van der Waals surface area contributed by atoms with Crippen LogP contribution >= 0.6 is 0 Å². The largest absolute Gasteiger partial charge is 0.310 e. The first-order valence-electron chi connectivity index (χ1n) is 14.5. The SMILES string of the molecule is Cc1ccc(N(c2cccc(C)c2)c2cc(-c3ccccc3)cc(N(c3ccc(C)cc3)c3cccc(C)c3)c2)cc1. The van der Waals surface area contributed by atoms with Crippen molar-refractivity contribution in [2.75, 3.05) is 9.80 Å². The van der Waals surface area contributed by atoms with Crippen molar-refractivity contribution >= 4 is 34.1 Å². The maximum absolute atomic E-state index is 2.37. The fourth-order valence-electron chi connectivity index (χ4n) is 5.47. The molecule has 0 bridgehead atoms. The van der Waals surface area contributed by atoms with Gasteiger partial charge in [-0.05, 0) is 117 Å². The summed E-state index contributed by atoms with van der Waals surface area (Å²) in [6.45, 7) is 8.57. The van der Waals surface area contributed by atoms with Crippen molar-refractivity contribution in [2.45, 2.75) is 27.7 Å². The lowest BCUT2D eigenvalue weighted by molar-refractivity contribution is 1.23. The molecule has 2 nitrogen and oxygen atoms in total. The van der Waals surface area contributed by atoms with Gasteiger partial charge >= 0.3 is 0 Å². The molecule has 0 heterocycles. The van der Waals surface area contributed by atoms with Crippen molar-refractivity contribution in [2.24, 2.45) is 0 Å². The first kappa shape index (κ1) is 27.1. The highest BCUT2D eigenvalue weighted by Crippen LogP contribution is 2.43. The zero-order chi connectivity index (χ0) is 29.1. The molecule has 0 saturated carbocycles. The highest BCUT2D eigenvalue weighted by Gasteiger charge is 2.19. The van der Waals surface area contributed by atoms with Crippen LogP contribution in [-0.4, -0.2) is 0 Å². The average Bonchev–Trinajstić information content (AvgIpc) is 3.00. The summed E-state index contributed by atoms with van der Waals surface area (Å²) in [4.78, 5) is 4.73. The van der Waals surface area contributed by atoms with Crippen LogP contribution in [0, 0.1) is 27.7 Å². The Bertz CT molecular complexity index is 1690. The summed E-state index contributed by atoms with van der Waals surface area (Å²) in [5.41, 5.74) is 14.0. The van der Waals surface area contributed by atoms with Crippen molar-refractivity contribution in [1.82, 2.24) is 0 Å². The highest BCUT2D eigenvalue weighted by atomic mass is 15.2. The average molecular weight is 545 g/mol. The van der Waals surface area contributed by atoms with E-state index in [1.807, 2.05) is 0 Å². The number of anilines is 6. The van der Waals surface area contributed by atoms with Gasteiger partial charge in [0.15, 0.2) is 0 Å². The maximum atomic E-state index is 2.37. The molecule has 206 valence electrons. The van der Waals surface area contributed by atoms with E-state index in [0.29, 0.717) is 0 Å². The van der Waals surface area contributed by atoms with Crippen LogP contribution in [0.4, 0.5) is 34.1 Å². The summed E-state index contributed by atoms with van der Waals surface area (Å²) >= 11 is 0. The molecule has 0 aliphatic rings. The van der Waals surface area contributed by atoms with Crippen LogP contribution in [0.5, 0.6) is 0 Å². The minimum absolute atomic E-state index is 1.10. The van der Waals surface area contributed by atoms with Crippen LogP contribution in [0.25, 0.3) is 11.1 Å². The fraction of sp³-hybridized carbons (Fsp3) is 0.100. The van der Waals surface area contributed by atoms with E-state index in [0.717, 1.165) is 39.7 Å². The molecule has 42 heavy (non-hydrogen) atoms. The standard InChI is InChI=1S/C40H36N2/c1-29-16-20-35(21-17-29)41(37-14-8-10-31(3)24-37)39-26-34(33-12-6-5-7-13-33)27-40(28-39)42(36-22-18-30(2)19-23-36)38-15-9-11-32(4)25-38/h5-28H,1-4H3. The number of hydrogen-bond donors (Lipinski definition) is 0. The van der Waals surface area contributed by atoms with Gasteiger partial charge in [0, 0.05) is 34.1 Å². The van der Waals surface area contributed by atoms with Gasteiger partial charge in [-0.1, -0.05) is 90.0 Å². The van der Waals surface area contributed by atoms with Crippen LogP contribution in [-0.2, 0) is 0 Å². The summed E-state index contributed by atoms with van der Waals surface area (Å²) in [6, 6.07) is 52.7. The van der Waals surface area contributed by atoms with Crippen molar-refractivity contribution in [3.05, 3.63) is 168 Å². The van der Waals surface area contributed by atoms with Gasteiger partial charge in [-0.25, -0.2) is 0 Å². The fourth-order valence-corrected chi connectivity index (χ4v) is 5.47. The number of hydrogen-bond acceptors (Lipinski definition) is 2. The second kappa shape index (κ2) is 11.8. The van der Waals surface area contributed by atoms with Crippen LogP contribution in [0.3, 0.4) is 0 Å². The van der Waals surface area contributed by atoms with Crippen LogP contribution in [0.2, 0.25) is 0 Å². The van der Waals surface area contributed by atoms with E-state index in [1.165, 1.54) is 27.8 Å². The summed E-state index contributed by atoms with van der Waals surface area (Å²) in [7, 11) is 0. The number of rotatable bonds is 7. The lowest BCUT2D eigenvalue weighted by Crippen LogP contribution is -2.14. The number of nitrogens with zero attached hydrogens (tertiary/aromatic N) is 2. The molecule has 0 N–H and O–H groups in total. The molecular formula is C40H36N2. The quantitative estimate of drug-likeness (QED) is 0.197. The number of aryl methyl sites for hydroxylation is 4. The lowest BCUT2D eigenvalue weighted by Gasteiger charge is -2.30. The third-order valence-electron chi connectivity index (χ3n) is 7.63.